The molecule has 0 aliphatic heterocycles. The Hall–Kier alpha value is -0.496. The van der Waals surface area contributed by atoms with Crippen LogP contribution >= 0.6 is 12.4 Å². The van der Waals surface area contributed by atoms with Crippen LogP contribution in [0.4, 0.5) is 0 Å². The molecule has 0 heterocycles. The summed E-state index contributed by atoms with van der Waals surface area (Å²) in [5, 5.41) is 0. The normalized spacial score (nSPS) is 13.7. The van der Waals surface area contributed by atoms with E-state index in [1.165, 1.54) is 9.45 Å². The van der Waals surface area contributed by atoms with E-state index in [4.69, 9.17) is 3.32 Å². The van der Waals surface area contributed by atoms with E-state index in [1.54, 1.807) is 0 Å². The first kappa shape index (κ1) is 12.6. The first-order valence-corrected chi connectivity index (χ1v) is 6.12. The fourth-order valence-corrected chi connectivity index (χ4v) is 2.63. The molecule has 1 nitrogen and oxygen atoms in total. The maximum Gasteiger partial charge on any atom is -0.147 e. The van der Waals surface area contributed by atoms with Crippen LogP contribution in [-0.4, -0.2) is 0 Å². The quantitative estimate of drug-likeness (QED) is 0.749. The van der Waals surface area contributed by atoms with E-state index in [2.05, 4.69) is 19.1 Å². The van der Waals surface area contributed by atoms with Gasteiger partial charge in [0.2, 0.25) is 0 Å². The van der Waals surface area contributed by atoms with Crippen molar-refractivity contribution < 1.29 is 22.9 Å². The number of benzene rings is 1. The molecular formula is C12H13ClOTi. The molecule has 3 heteroatoms. The molecule has 0 saturated heterocycles. The van der Waals surface area contributed by atoms with Crippen LogP contribution in [0.1, 0.15) is 13.3 Å². The van der Waals surface area contributed by atoms with Crippen LogP contribution in [0.25, 0.3) is 0 Å². The maximum absolute atomic E-state index is 5.79. The Bertz CT molecular complexity index is 370. The van der Waals surface area contributed by atoms with Gasteiger partial charge in [0.05, 0.1) is 0 Å². The van der Waals surface area contributed by atoms with Crippen molar-refractivity contribution in [3.05, 3.63) is 51.9 Å². The summed E-state index contributed by atoms with van der Waals surface area (Å²) < 4.78 is 7.30. The van der Waals surface area contributed by atoms with Gasteiger partial charge in [-0.1, -0.05) is 0 Å². The first-order valence-electron chi connectivity index (χ1n) is 4.70. The maximum atomic E-state index is 5.79. The Morgan fingerprint density at radius 2 is 1.93 bits per heavy atom. The van der Waals surface area contributed by atoms with Gasteiger partial charge < -0.3 is 0 Å². The van der Waals surface area contributed by atoms with Crippen LogP contribution in [0.15, 0.2) is 51.9 Å². The number of hydrogen-bond donors (Lipinski definition) is 0. The van der Waals surface area contributed by atoms with Crippen LogP contribution in [0, 0.1) is 0 Å². The summed E-state index contributed by atoms with van der Waals surface area (Å²) in [5.41, 5.74) is 1.40. The molecule has 0 spiro atoms. The largest absolute Gasteiger partial charge is 0.147 e. The predicted molar refractivity (Wildman–Crippen MR) is 60.8 cm³/mol. The van der Waals surface area contributed by atoms with Crippen LogP contribution < -0.4 is 3.32 Å². The molecule has 1 aliphatic rings. The molecule has 0 saturated carbocycles. The van der Waals surface area contributed by atoms with Gasteiger partial charge in [0.25, 0.3) is 0 Å². The minimum absolute atomic E-state index is 0. The molecule has 0 atom stereocenters. The summed E-state index contributed by atoms with van der Waals surface area (Å²) in [7, 11) is 0. The van der Waals surface area contributed by atoms with Gasteiger partial charge in [-0.15, -0.1) is 12.4 Å². The summed E-state index contributed by atoms with van der Waals surface area (Å²) in [6, 6.07) is 10.1. The van der Waals surface area contributed by atoms with Gasteiger partial charge in [-0.3, -0.25) is 0 Å². The fraction of sp³-hybridized carbons (Fsp3) is 0.167. The summed E-state index contributed by atoms with van der Waals surface area (Å²) in [5.74, 6) is 1.000. The second kappa shape index (κ2) is 6.17. The van der Waals surface area contributed by atoms with Gasteiger partial charge in [-0.2, -0.15) is 0 Å². The Balaban J connectivity index is 0.00000112. The molecule has 2 rings (SSSR count). The Labute approximate surface area is 106 Å². The summed E-state index contributed by atoms with van der Waals surface area (Å²) >= 11 is -0.416. The molecule has 78 valence electrons. The summed E-state index contributed by atoms with van der Waals surface area (Å²) in [4.78, 5) is 0. The van der Waals surface area contributed by atoms with Crippen molar-refractivity contribution in [2.75, 3.05) is 0 Å². The van der Waals surface area contributed by atoms with Crippen molar-refractivity contribution in [2.24, 2.45) is 0 Å². The standard InChI is InChI=1S/C6H6O.C6H7.ClH.Ti/c7-6-4-2-1-3-5-6;1-6-4-2-3-5-6;;/h1-5,7H;2,4H,3H2,1H3;1H;/q;;;+1/p-1. The molecule has 1 aliphatic carbocycles. The van der Waals surface area contributed by atoms with E-state index < -0.39 is 19.5 Å². The van der Waals surface area contributed by atoms with Crippen molar-refractivity contribution in [3.8, 4) is 5.75 Å². The summed E-state index contributed by atoms with van der Waals surface area (Å²) in [6.07, 6.45) is 5.49. The number of rotatable bonds is 3. The molecule has 0 N–H and O–H groups in total. The van der Waals surface area contributed by atoms with E-state index >= 15 is 0 Å². The fourth-order valence-electron chi connectivity index (χ4n) is 1.35. The molecule has 0 unspecified atom stereocenters. The second-order valence-electron chi connectivity index (χ2n) is 3.29. The van der Waals surface area contributed by atoms with Crippen LogP contribution in [0.2, 0.25) is 0 Å². The van der Waals surface area contributed by atoms with Gasteiger partial charge in [-0.25, -0.2) is 0 Å². The average molecular weight is 257 g/mol. The Morgan fingerprint density at radius 3 is 2.53 bits per heavy atom. The van der Waals surface area contributed by atoms with Gasteiger partial charge >= 0.3 is 93.9 Å². The monoisotopic (exact) mass is 256 g/mol. The Kier molecular flexibility index (Phi) is 5.17. The zero-order valence-electron chi connectivity index (χ0n) is 8.57. The topological polar surface area (TPSA) is 9.23 Å². The molecule has 0 radical (unpaired) electrons. The molecular weight excluding hydrogens is 243 g/mol. The summed E-state index contributed by atoms with van der Waals surface area (Å²) in [6.45, 7) is 2.16. The number of para-hydroxylation sites is 1. The zero-order chi connectivity index (χ0) is 9.80. The van der Waals surface area contributed by atoms with Crippen LogP contribution in [0.3, 0.4) is 0 Å². The smallest absolute Gasteiger partial charge is 0.147 e. The van der Waals surface area contributed by atoms with Crippen LogP contribution in [0.5, 0.6) is 5.75 Å². The van der Waals surface area contributed by atoms with Crippen molar-refractivity contribution in [3.63, 3.8) is 0 Å². The number of allylic oxidation sites excluding steroid dienone is 4. The number of hydrogen-bond acceptors (Lipinski definition) is 1. The SMILES string of the molecule is CC1=[C]([Ti][O]c2ccccc2)CC=C1.Cl. The van der Waals surface area contributed by atoms with Crippen molar-refractivity contribution in [1.82, 2.24) is 0 Å². The van der Waals surface area contributed by atoms with Crippen molar-refractivity contribution in [1.29, 1.82) is 0 Å². The van der Waals surface area contributed by atoms with Gasteiger partial charge in [0.1, 0.15) is 0 Å². The van der Waals surface area contributed by atoms with E-state index in [9.17, 15) is 0 Å². The molecule has 0 fully saturated rings. The molecule has 15 heavy (non-hydrogen) atoms. The zero-order valence-corrected chi connectivity index (χ0v) is 10.9. The van der Waals surface area contributed by atoms with E-state index in [-0.39, 0.29) is 12.4 Å². The molecule has 0 amide bonds. The van der Waals surface area contributed by atoms with Gasteiger partial charge in [0, 0.05) is 0 Å². The average Bonchev–Trinajstić information content (AvgIpc) is 2.63. The van der Waals surface area contributed by atoms with E-state index in [0.29, 0.717) is 0 Å². The first-order chi connectivity index (χ1) is 6.86. The third kappa shape index (κ3) is 3.53. The third-order valence-electron chi connectivity index (χ3n) is 2.20. The van der Waals surface area contributed by atoms with Gasteiger partial charge in [0.15, 0.2) is 0 Å². The Morgan fingerprint density at radius 1 is 1.20 bits per heavy atom. The minimum Gasteiger partial charge on any atom is -0.147 e. The predicted octanol–water partition coefficient (Wildman–Crippen LogP) is 3.72. The third-order valence-corrected chi connectivity index (χ3v) is 4.05. The molecule has 0 bridgehead atoms. The van der Waals surface area contributed by atoms with E-state index in [1.807, 2.05) is 30.3 Å². The van der Waals surface area contributed by atoms with Crippen LogP contribution in [-0.2, 0) is 19.5 Å². The molecule has 1 aromatic carbocycles. The second-order valence-corrected chi connectivity index (χ2v) is 4.87. The number of halogens is 1. The molecule has 0 aromatic heterocycles. The van der Waals surface area contributed by atoms with Crippen molar-refractivity contribution in [2.45, 2.75) is 13.3 Å². The van der Waals surface area contributed by atoms with Crippen molar-refractivity contribution >= 4 is 12.4 Å². The van der Waals surface area contributed by atoms with Gasteiger partial charge in [-0.05, 0) is 0 Å². The van der Waals surface area contributed by atoms with E-state index in [0.717, 1.165) is 12.2 Å². The minimum atomic E-state index is -0.416. The molecule has 1 aromatic rings.